The smallest absolute Gasteiger partial charge is 0.225 e. The topological polar surface area (TPSA) is 70.6 Å². The van der Waals surface area contributed by atoms with E-state index >= 15 is 0 Å². The van der Waals surface area contributed by atoms with Crippen molar-refractivity contribution in [3.8, 4) is 12.3 Å². The third kappa shape index (κ3) is 3.88. The summed E-state index contributed by atoms with van der Waals surface area (Å²) >= 11 is 0. The Bertz CT molecular complexity index is 546. The van der Waals surface area contributed by atoms with Gasteiger partial charge in [0.15, 0.2) is 5.96 Å². The van der Waals surface area contributed by atoms with Gasteiger partial charge in [-0.2, -0.15) is 0 Å². The number of aliphatic imine (C=N–C) groups is 1. The molecule has 1 aliphatic heterocycles. The van der Waals surface area contributed by atoms with Gasteiger partial charge < -0.3 is 15.5 Å². The van der Waals surface area contributed by atoms with Crippen LogP contribution in [0.15, 0.2) is 23.5 Å². The summed E-state index contributed by atoms with van der Waals surface area (Å²) in [6.07, 6.45) is 9.09. The zero-order valence-corrected chi connectivity index (χ0v) is 13.5. The van der Waals surface area contributed by atoms with Gasteiger partial charge in [0.05, 0.1) is 0 Å². The van der Waals surface area contributed by atoms with Crippen molar-refractivity contribution < 1.29 is 0 Å². The number of nitrogens with zero attached hydrogens (tertiary/aromatic N) is 5. The van der Waals surface area contributed by atoms with Crippen molar-refractivity contribution >= 4 is 11.9 Å². The molecular formula is C16H24N6. The molecule has 0 radical (unpaired) electrons. The quantitative estimate of drug-likeness (QED) is 0.500. The van der Waals surface area contributed by atoms with E-state index in [-0.39, 0.29) is 11.5 Å². The van der Waals surface area contributed by atoms with Crippen molar-refractivity contribution in [2.24, 2.45) is 16.1 Å². The maximum Gasteiger partial charge on any atom is 0.225 e. The van der Waals surface area contributed by atoms with Crippen molar-refractivity contribution in [2.45, 2.75) is 26.8 Å². The lowest BCUT2D eigenvalue weighted by atomic mass is 9.88. The normalized spacial score (nSPS) is 18.0. The summed E-state index contributed by atoms with van der Waals surface area (Å²) in [6.45, 7) is 9.41. The first kappa shape index (κ1) is 16.1. The van der Waals surface area contributed by atoms with E-state index in [0.717, 1.165) is 32.1 Å². The van der Waals surface area contributed by atoms with Crippen LogP contribution in [0.3, 0.4) is 0 Å². The Labute approximate surface area is 132 Å². The molecule has 0 amide bonds. The number of anilines is 1. The molecule has 1 atom stereocenters. The summed E-state index contributed by atoms with van der Waals surface area (Å²) in [6, 6.07) is 1.60. The summed E-state index contributed by atoms with van der Waals surface area (Å²) in [4.78, 5) is 17.3. The fraction of sp³-hybridized carbons (Fsp3) is 0.562. The minimum atomic E-state index is -0.219. The van der Waals surface area contributed by atoms with Gasteiger partial charge >= 0.3 is 0 Å². The second-order valence-corrected chi connectivity index (χ2v) is 6.45. The zero-order chi connectivity index (χ0) is 16.2. The van der Waals surface area contributed by atoms with Crippen molar-refractivity contribution in [1.29, 1.82) is 0 Å². The van der Waals surface area contributed by atoms with Gasteiger partial charge in [-0.3, -0.25) is 0 Å². The molecule has 0 aliphatic carbocycles. The van der Waals surface area contributed by atoms with Crippen LogP contribution < -0.4 is 10.6 Å². The lowest BCUT2D eigenvalue weighted by Gasteiger charge is -2.36. The van der Waals surface area contributed by atoms with Gasteiger partial charge in [0.25, 0.3) is 0 Å². The van der Waals surface area contributed by atoms with E-state index < -0.39 is 0 Å². The van der Waals surface area contributed by atoms with E-state index in [1.54, 1.807) is 12.4 Å². The van der Waals surface area contributed by atoms with Gasteiger partial charge in [0.2, 0.25) is 5.95 Å². The van der Waals surface area contributed by atoms with E-state index in [2.05, 4.69) is 51.5 Å². The van der Waals surface area contributed by atoms with Crippen molar-refractivity contribution in [3.05, 3.63) is 18.5 Å². The number of guanidine groups is 1. The first-order valence-corrected chi connectivity index (χ1v) is 7.48. The van der Waals surface area contributed by atoms with Crippen LogP contribution >= 0.6 is 0 Å². The molecule has 0 bridgehead atoms. The Balaban J connectivity index is 1.98. The van der Waals surface area contributed by atoms with Crippen molar-refractivity contribution in [3.63, 3.8) is 0 Å². The predicted molar refractivity (Wildman–Crippen MR) is 89.5 cm³/mol. The third-order valence-electron chi connectivity index (χ3n) is 3.68. The van der Waals surface area contributed by atoms with Gasteiger partial charge in [-0.25, -0.2) is 15.0 Å². The van der Waals surface area contributed by atoms with E-state index in [1.165, 1.54) is 0 Å². The van der Waals surface area contributed by atoms with Crippen molar-refractivity contribution in [2.75, 3.05) is 31.1 Å². The SMILES string of the molecule is C#CC(N=C(N)N1CCN(c2ncccn2)CC1)C(C)(C)C. The number of hydrogen-bond donors (Lipinski definition) is 1. The van der Waals surface area contributed by atoms with Crippen molar-refractivity contribution in [1.82, 2.24) is 14.9 Å². The highest BCUT2D eigenvalue weighted by molar-refractivity contribution is 5.78. The summed E-state index contributed by atoms with van der Waals surface area (Å²) in [5.41, 5.74) is 6.04. The summed E-state index contributed by atoms with van der Waals surface area (Å²) in [5, 5.41) is 0. The Kier molecular flexibility index (Phi) is 4.86. The number of terminal acetylenes is 1. The first-order chi connectivity index (χ1) is 10.4. The highest BCUT2D eigenvalue weighted by Crippen LogP contribution is 2.22. The molecule has 6 nitrogen and oxygen atoms in total. The Morgan fingerprint density at radius 1 is 1.27 bits per heavy atom. The number of hydrogen-bond acceptors (Lipinski definition) is 4. The predicted octanol–water partition coefficient (Wildman–Crippen LogP) is 0.961. The average Bonchev–Trinajstić information content (AvgIpc) is 2.52. The second kappa shape index (κ2) is 6.65. The Hall–Kier alpha value is -2.29. The summed E-state index contributed by atoms with van der Waals surface area (Å²) < 4.78 is 0. The molecule has 118 valence electrons. The second-order valence-electron chi connectivity index (χ2n) is 6.45. The van der Waals surface area contributed by atoms with Gasteiger partial charge in [0.1, 0.15) is 6.04 Å². The van der Waals surface area contributed by atoms with Gasteiger partial charge in [-0.05, 0) is 11.5 Å². The maximum absolute atomic E-state index is 6.14. The van der Waals surface area contributed by atoms with Crippen LogP contribution in [0, 0.1) is 17.8 Å². The molecule has 0 saturated carbocycles. The Morgan fingerprint density at radius 3 is 2.36 bits per heavy atom. The van der Waals surface area contributed by atoms with Crippen LogP contribution in [0.4, 0.5) is 5.95 Å². The molecule has 2 N–H and O–H groups in total. The fourth-order valence-electron chi connectivity index (χ4n) is 2.28. The van der Waals surface area contributed by atoms with Gasteiger partial charge in [0, 0.05) is 38.6 Å². The maximum atomic E-state index is 6.14. The monoisotopic (exact) mass is 300 g/mol. The van der Waals surface area contributed by atoms with Gasteiger partial charge in [-0.1, -0.05) is 26.7 Å². The molecule has 1 aromatic rings. The minimum Gasteiger partial charge on any atom is -0.370 e. The number of rotatable bonds is 2. The largest absolute Gasteiger partial charge is 0.370 e. The summed E-state index contributed by atoms with van der Waals surface area (Å²) in [5.74, 6) is 4.00. The van der Waals surface area contributed by atoms with Crippen LogP contribution in [0.1, 0.15) is 20.8 Å². The highest BCUT2D eigenvalue weighted by atomic mass is 15.4. The van der Waals surface area contributed by atoms with Crippen LogP contribution in [0.25, 0.3) is 0 Å². The van der Waals surface area contributed by atoms with E-state index in [1.807, 2.05) is 6.07 Å². The molecule has 1 saturated heterocycles. The molecule has 2 rings (SSSR count). The number of nitrogens with two attached hydrogens (primary N) is 1. The molecule has 1 aromatic heterocycles. The molecule has 0 aromatic carbocycles. The third-order valence-corrected chi connectivity index (χ3v) is 3.68. The molecule has 0 spiro atoms. The van der Waals surface area contributed by atoms with E-state index in [0.29, 0.717) is 5.96 Å². The molecule has 1 fully saturated rings. The highest BCUT2D eigenvalue weighted by Gasteiger charge is 2.25. The molecule has 1 unspecified atom stereocenters. The van der Waals surface area contributed by atoms with E-state index in [4.69, 9.17) is 12.2 Å². The molecule has 2 heterocycles. The van der Waals surface area contributed by atoms with Gasteiger partial charge in [-0.15, -0.1) is 6.42 Å². The first-order valence-electron chi connectivity index (χ1n) is 7.48. The van der Waals surface area contributed by atoms with Crippen LogP contribution in [0.5, 0.6) is 0 Å². The van der Waals surface area contributed by atoms with E-state index in [9.17, 15) is 0 Å². The average molecular weight is 300 g/mol. The number of aromatic nitrogens is 2. The Morgan fingerprint density at radius 2 is 1.86 bits per heavy atom. The minimum absolute atomic E-state index is 0.0981. The molecular weight excluding hydrogens is 276 g/mol. The van der Waals surface area contributed by atoms with Crippen LogP contribution in [-0.4, -0.2) is 53.0 Å². The molecule has 22 heavy (non-hydrogen) atoms. The number of piperazine rings is 1. The van der Waals surface area contributed by atoms with Crippen LogP contribution in [-0.2, 0) is 0 Å². The lowest BCUT2D eigenvalue weighted by Crippen LogP contribution is -2.52. The summed E-state index contributed by atoms with van der Waals surface area (Å²) in [7, 11) is 0. The standard InChI is InChI=1S/C16H24N6/c1-5-13(16(2,3)4)20-14(17)21-9-11-22(12-10-21)15-18-7-6-8-19-15/h1,6-8,13H,9-12H2,2-4H3,(H2,17,20). The lowest BCUT2D eigenvalue weighted by molar-refractivity contribution is 0.353. The van der Waals surface area contributed by atoms with Crippen LogP contribution in [0.2, 0.25) is 0 Å². The molecule has 1 aliphatic rings. The zero-order valence-electron chi connectivity index (χ0n) is 13.5. The molecule has 6 heteroatoms. The fourth-order valence-corrected chi connectivity index (χ4v) is 2.28.